The van der Waals surface area contributed by atoms with Crippen molar-refractivity contribution in [3.63, 3.8) is 0 Å². The molecule has 0 fully saturated rings. The largest absolute Gasteiger partial charge is 0.268 e. The number of carbonyl (C=O) groups is 2. The number of fused-ring (bicyclic) bond motifs is 9. The third-order valence-electron chi connectivity index (χ3n) is 11.0. The first-order valence-electron chi connectivity index (χ1n) is 18.3. The Morgan fingerprint density at radius 3 is 1.18 bits per heavy atom. The van der Waals surface area contributed by atoms with E-state index < -0.39 is 0 Å². The number of para-hydroxylation sites is 2. The zero-order chi connectivity index (χ0) is 37.1. The van der Waals surface area contributed by atoms with Gasteiger partial charge in [0, 0.05) is 11.1 Å². The number of benzene rings is 8. The predicted octanol–water partition coefficient (Wildman–Crippen LogP) is 11.7. The number of carbonyl (C=O) groups excluding carboxylic acids is 2. The van der Waals surface area contributed by atoms with Crippen LogP contribution in [-0.4, -0.2) is 21.8 Å². The van der Waals surface area contributed by atoms with Gasteiger partial charge < -0.3 is 0 Å². The number of aromatic nitrogens is 2. The number of hydrogen-bond acceptors (Lipinski definition) is 6. The van der Waals surface area contributed by atoms with Crippen molar-refractivity contribution in [2.45, 2.75) is 0 Å². The van der Waals surface area contributed by atoms with Gasteiger partial charge in [-0.25, -0.2) is 9.97 Å². The molecule has 2 amide bonds. The molecule has 0 aliphatic carbocycles. The first kappa shape index (κ1) is 31.4. The van der Waals surface area contributed by atoms with E-state index in [0.717, 1.165) is 74.6 Å². The molecule has 6 nitrogen and oxygen atoms in total. The summed E-state index contributed by atoms with van der Waals surface area (Å²) >= 11 is 2.90. The van der Waals surface area contributed by atoms with Gasteiger partial charge in [-0.1, -0.05) is 144 Å². The van der Waals surface area contributed by atoms with Crippen LogP contribution in [0, 0.1) is 0 Å². The molecule has 56 heavy (non-hydrogen) atoms. The number of amides is 2. The molecule has 0 spiro atoms. The molecular weight excluding hydrogens is 729 g/mol. The van der Waals surface area contributed by atoms with E-state index in [4.69, 9.17) is 9.97 Å². The fourth-order valence-electron chi connectivity index (χ4n) is 8.59. The Bertz CT molecular complexity index is 3150. The van der Waals surface area contributed by atoms with Crippen molar-refractivity contribution in [3.8, 4) is 0 Å². The van der Waals surface area contributed by atoms with Crippen LogP contribution in [0.2, 0.25) is 0 Å². The van der Waals surface area contributed by atoms with Crippen molar-refractivity contribution >= 4 is 120 Å². The maximum Gasteiger partial charge on any atom is 0.267 e. The summed E-state index contributed by atoms with van der Waals surface area (Å²) in [5.41, 5.74) is 4.93. The maximum atomic E-state index is 15.7. The first-order valence-corrected chi connectivity index (χ1v) is 20.0. The average Bonchev–Trinajstić information content (AvgIpc) is 4.01. The monoisotopic (exact) mass is 754 g/mol. The Morgan fingerprint density at radius 1 is 0.393 bits per heavy atom. The van der Waals surface area contributed by atoms with E-state index in [9.17, 15) is 0 Å². The van der Waals surface area contributed by atoms with Gasteiger partial charge >= 0.3 is 0 Å². The van der Waals surface area contributed by atoms with Gasteiger partial charge in [-0.15, -0.1) is 0 Å². The zero-order valence-electron chi connectivity index (χ0n) is 29.4. The summed E-state index contributed by atoms with van der Waals surface area (Å²) in [4.78, 5) is 44.9. The Hall–Kier alpha value is -7.00. The Kier molecular flexibility index (Phi) is 6.58. The molecule has 0 bridgehead atoms. The molecule has 0 radical (unpaired) electrons. The van der Waals surface area contributed by atoms with E-state index in [2.05, 4.69) is 60.7 Å². The number of thiazole rings is 2. The van der Waals surface area contributed by atoms with Gasteiger partial charge in [-0.05, 0) is 79.5 Å². The van der Waals surface area contributed by atoms with Crippen molar-refractivity contribution in [2.75, 3.05) is 9.80 Å². The van der Waals surface area contributed by atoms with Crippen LogP contribution in [0.5, 0.6) is 0 Å². The molecular formula is C48H26N4O2S2. The summed E-state index contributed by atoms with van der Waals surface area (Å²) in [7, 11) is 0. The second-order valence-electron chi connectivity index (χ2n) is 14.0. The SMILES string of the molecule is O=C1C2=C(c3cc4ccccc4c4ccccc34)N(c3nc4ccccc4s3)C(=O)C2=C(c2cc3ccccc3c3ccccc23)N1c1nc2ccccc2s1. The molecule has 0 N–H and O–H groups in total. The fraction of sp³-hybridized carbons (Fsp3) is 0. The minimum atomic E-state index is -0.296. The topological polar surface area (TPSA) is 66.4 Å². The molecule has 8 heteroatoms. The second kappa shape index (κ2) is 11.7. The van der Waals surface area contributed by atoms with E-state index in [-0.39, 0.29) is 11.8 Å². The van der Waals surface area contributed by atoms with E-state index in [1.54, 1.807) is 9.80 Å². The second-order valence-corrected chi connectivity index (χ2v) is 16.1. The molecule has 262 valence electrons. The van der Waals surface area contributed by atoms with Gasteiger partial charge in [0.1, 0.15) is 0 Å². The van der Waals surface area contributed by atoms with Crippen molar-refractivity contribution in [1.29, 1.82) is 0 Å². The van der Waals surface area contributed by atoms with E-state index in [0.29, 0.717) is 32.8 Å². The van der Waals surface area contributed by atoms with Crippen LogP contribution in [0.1, 0.15) is 11.1 Å². The Morgan fingerprint density at radius 2 is 0.750 bits per heavy atom. The molecule has 0 unspecified atom stereocenters. The molecule has 4 heterocycles. The molecule has 12 rings (SSSR count). The first-order chi connectivity index (χ1) is 27.6. The highest BCUT2D eigenvalue weighted by Crippen LogP contribution is 2.53. The molecule has 0 saturated heterocycles. The summed E-state index contributed by atoms with van der Waals surface area (Å²) < 4.78 is 1.91. The highest BCUT2D eigenvalue weighted by atomic mass is 32.1. The lowest BCUT2D eigenvalue weighted by atomic mass is 9.92. The van der Waals surface area contributed by atoms with E-state index >= 15 is 9.59 Å². The van der Waals surface area contributed by atoms with Gasteiger partial charge in [0.05, 0.1) is 43.0 Å². The van der Waals surface area contributed by atoms with Crippen molar-refractivity contribution in [1.82, 2.24) is 9.97 Å². The number of hydrogen-bond donors (Lipinski definition) is 0. The summed E-state index contributed by atoms with van der Waals surface area (Å²) in [6.45, 7) is 0. The lowest BCUT2D eigenvalue weighted by Crippen LogP contribution is -2.29. The summed E-state index contributed by atoms with van der Waals surface area (Å²) in [5.74, 6) is -0.592. The van der Waals surface area contributed by atoms with Gasteiger partial charge in [0.25, 0.3) is 11.8 Å². The van der Waals surface area contributed by atoms with Crippen LogP contribution < -0.4 is 9.80 Å². The van der Waals surface area contributed by atoms with Gasteiger partial charge in [0.2, 0.25) is 0 Å². The number of rotatable bonds is 4. The predicted molar refractivity (Wildman–Crippen MR) is 231 cm³/mol. The van der Waals surface area contributed by atoms with E-state index in [1.807, 2.05) is 97.1 Å². The summed E-state index contributed by atoms with van der Waals surface area (Å²) in [6, 6.07) is 53.1. The Balaban J connectivity index is 1.25. The normalized spacial score (nSPS) is 14.6. The van der Waals surface area contributed by atoms with Crippen LogP contribution in [0.25, 0.3) is 74.9 Å². The zero-order valence-corrected chi connectivity index (χ0v) is 31.1. The third-order valence-corrected chi connectivity index (χ3v) is 13.0. The molecule has 2 aliphatic heterocycles. The van der Waals surface area contributed by atoms with Crippen molar-refractivity contribution in [3.05, 3.63) is 180 Å². The molecule has 0 saturated carbocycles. The highest BCUT2D eigenvalue weighted by Gasteiger charge is 2.52. The molecule has 10 aromatic rings. The van der Waals surface area contributed by atoms with Gasteiger partial charge in [-0.3, -0.25) is 19.4 Å². The van der Waals surface area contributed by atoms with Gasteiger partial charge in [0.15, 0.2) is 10.3 Å². The third kappa shape index (κ3) is 4.36. The number of anilines is 2. The molecule has 8 aromatic carbocycles. The van der Waals surface area contributed by atoms with Crippen LogP contribution in [-0.2, 0) is 9.59 Å². The van der Waals surface area contributed by atoms with Crippen LogP contribution in [0.3, 0.4) is 0 Å². The smallest absolute Gasteiger partial charge is 0.267 e. The highest BCUT2D eigenvalue weighted by molar-refractivity contribution is 7.23. The van der Waals surface area contributed by atoms with Crippen LogP contribution >= 0.6 is 22.7 Å². The van der Waals surface area contributed by atoms with Crippen LogP contribution in [0.15, 0.2) is 169 Å². The lowest BCUT2D eigenvalue weighted by molar-refractivity contribution is -0.115. The summed E-state index contributed by atoms with van der Waals surface area (Å²) in [6.07, 6.45) is 0. The van der Waals surface area contributed by atoms with Gasteiger partial charge in [-0.2, -0.15) is 0 Å². The fourth-order valence-corrected chi connectivity index (χ4v) is 10.5. The summed E-state index contributed by atoms with van der Waals surface area (Å²) in [5, 5.41) is 9.21. The van der Waals surface area contributed by atoms with E-state index in [1.165, 1.54) is 22.7 Å². The molecule has 2 aromatic heterocycles. The molecule has 2 aliphatic rings. The maximum absolute atomic E-state index is 15.7. The number of nitrogens with zero attached hydrogens (tertiary/aromatic N) is 4. The Labute approximate surface area is 327 Å². The minimum Gasteiger partial charge on any atom is -0.268 e. The standard InChI is InChI=1S/C48H26N4O2S2/c53-45-41-42(44(52(45)48-50-38-22-10-12-24-40(38)56-48)36-26-28-14-2-4-16-30(28)32-18-6-8-20-34(32)36)46(54)51(47-49-37-21-9-11-23-39(37)55-47)43(41)35-25-27-13-1-3-15-29(27)31-17-5-7-19-33(31)35/h1-26H. The van der Waals surface area contributed by atoms with Crippen molar-refractivity contribution in [2.24, 2.45) is 0 Å². The molecule has 0 atom stereocenters. The average molecular weight is 755 g/mol. The lowest BCUT2D eigenvalue weighted by Gasteiger charge is -2.24. The van der Waals surface area contributed by atoms with Crippen molar-refractivity contribution < 1.29 is 9.59 Å². The van der Waals surface area contributed by atoms with Crippen LogP contribution in [0.4, 0.5) is 10.3 Å². The quantitative estimate of drug-likeness (QED) is 0.168. The minimum absolute atomic E-state index is 0.296.